The molecule has 164 valence electrons. The summed E-state index contributed by atoms with van der Waals surface area (Å²) in [5.74, 6) is 1.91. The minimum absolute atomic E-state index is 0.458. The van der Waals surface area contributed by atoms with Crippen molar-refractivity contribution >= 4 is 17.3 Å². The van der Waals surface area contributed by atoms with Gasteiger partial charge in [-0.3, -0.25) is 0 Å². The Morgan fingerprint density at radius 3 is 2.69 bits per heavy atom. The highest BCUT2D eigenvalue weighted by atomic mass is 16.5. The van der Waals surface area contributed by atoms with Crippen LogP contribution in [0, 0.1) is 5.92 Å². The molecule has 3 heterocycles. The third kappa shape index (κ3) is 4.32. The Hall–Kier alpha value is -3.38. The fraction of sp³-hybridized carbons (Fsp3) is 0.308. The highest BCUT2D eigenvalue weighted by Gasteiger charge is 2.15. The van der Waals surface area contributed by atoms with Crippen molar-refractivity contribution in [2.75, 3.05) is 25.0 Å². The number of benzene rings is 2. The summed E-state index contributed by atoms with van der Waals surface area (Å²) in [5.41, 5.74) is 6.65. The highest BCUT2D eigenvalue weighted by molar-refractivity contribution is 5.82. The monoisotopic (exact) mass is 427 g/mol. The van der Waals surface area contributed by atoms with Gasteiger partial charge in [0.1, 0.15) is 5.75 Å². The number of para-hydroxylation sites is 1. The molecule has 6 nitrogen and oxygen atoms in total. The molecular formula is C26H29N5O. The van der Waals surface area contributed by atoms with Crippen LogP contribution in [0.25, 0.3) is 16.8 Å². The number of rotatable bonds is 6. The highest BCUT2D eigenvalue weighted by Crippen LogP contribution is 2.33. The lowest BCUT2D eigenvalue weighted by Gasteiger charge is -2.13. The van der Waals surface area contributed by atoms with E-state index in [2.05, 4.69) is 59.9 Å². The maximum atomic E-state index is 6.09. The van der Waals surface area contributed by atoms with Crippen molar-refractivity contribution in [1.29, 1.82) is 0 Å². The fourth-order valence-corrected chi connectivity index (χ4v) is 4.12. The number of nitrogens with zero attached hydrogens (tertiary/aromatic N) is 3. The van der Waals surface area contributed by atoms with Crippen LogP contribution in [0.5, 0.6) is 5.75 Å². The third-order valence-electron chi connectivity index (χ3n) is 5.72. The van der Waals surface area contributed by atoms with Gasteiger partial charge >= 0.3 is 0 Å². The molecule has 2 aromatic carbocycles. The predicted molar refractivity (Wildman–Crippen MR) is 129 cm³/mol. The molecule has 32 heavy (non-hydrogen) atoms. The number of nitrogens with one attached hydrogen (secondary N) is 2. The van der Waals surface area contributed by atoms with Crippen LogP contribution in [0.2, 0.25) is 0 Å². The molecule has 1 aliphatic heterocycles. The SMILES string of the molecule is CC(C)COc1ccccc1-c1cccn2nc(Nc3ccc4c(c3)CCNCC4)nc12. The van der Waals surface area contributed by atoms with Gasteiger partial charge in [0.05, 0.1) is 6.61 Å². The zero-order chi connectivity index (χ0) is 21.9. The van der Waals surface area contributed by atoms with Crippen molar-refractivity contribution in [3.05, 3.63) is 71.9 Å². The van der Waals surface area contributed by atoms with Crippen molar-refractivity contribution in [1.82, 2.24) is 19.9 Å². The van der Waals surface area contributed by atoms with Crippen molar-refractivity contribution < 1.29 is 4.74 Å². The molecule has 0 atom stereocenters. The molecule has 0 bridgehead atoms. The molecule has 0 unspecified atom stereocenters. The van der Waals surface area contributed by atoms with Crippen LogP contribution < -0.4 is 15.4 Å². The van der Waals surface area contributed by atoms with Crippen molar-refractivity contribution in [3.63, 3.8) is 0 Å². The Balaban J connectivity index is 1.47. The molecule has 4 aromatic rings. The van der Waals surface area contributed by atoms with Crippen molar-refractivity contribution in [2.45, 2.75) is 26.7 Å². The number of pyridine rings is 1. The van der Waals surface area contributed by atoms with Crippen LogP contribution in [-0.2, 0) is 12.8 Å². The van der Waals surface area contributed by atoms with Crippen LogP contribution >= 0.6 is 0 Å². The van der Waals surface area contributed by atoms with E-state index in [0.29, 0.717) is 18.5 Å². The van der Waals surface area contributed by atoms with Gasteiger partial charge in [0.15, 0.2) is 5.65 Å². The third-order valence-corrected chi connectivity index (χ3v) is 5.72. The van der Waals surface area contributed by atoms with Crippen molar-refractivity contribution in [3.8, 4) is 16.9 Å². The van der Waals surface area contributed by atoms with Gasteiger partial charge in [0, 0.05) is 23.0 Å². The minimum Gasteiger partial charge on any atom is -0.493 e. The summed E-state index contributed by atoms with van der Waals surface area (Å²) >= 11 is 0. The average molecular weight is 428 g/mol. The Morgan fingerprint density at radius 2 is 1.81 bits per heavy atom. The lowest BCUT2D eigenvalue weighted by Crippen LogP contribution is -2.16. The Labute approximate surface area is 188 Å². The van der Waals surface area contributed by atoms with E-state index in [0.717, 1.165) is 54.1 Å². The standard InChI is InChI=1S/C26H29N5O/c1-18(2)17-32-24-8-4-3-6-22(24)23-7-5-15-31-25(23)29-26(30-31)28-21-10-9-19-11-13-27-14-12-20(19)16-21/h3-10,15-16,18,27H,11-14,17H2,1-2H3,(H,28,30). The lowest BCUT2D eigenvalue weighted by atomic mass is 10.0. The normalized spacial score (nSPS) is 13.7. The summed E-state index contributed by atoms with van der Waals surface area (Å²) in [6, 6.07) is 18.7. The summed E-state index contributed by atoms with van der Waals surface area (Å²) < 4.78 is 7.91. The molecular weight excluding hydrogens is 398 g/mol. The number of anilines is 2. The second-order valence-corrected chi connectivity index (χ2v) is 8.68. The summed E-state index contributed by atoms with van der Waals surface area (Å²) in [6.07, 6.45) is 4.04. The summed E-state index contributed by atoms with van der Waals surface area (Å²) in [7, 11) is 0. The molecule has 1 aliphatic rings. The van der Waals surface area contributed by atoms with Gasteiger partial charge in [-0.05, 0) is 73.3 Å². The summed E-state index contributed by atoms with van der Waals surface area (Å²) in [6.45, 7) is 7.04. The maximum absolute atomic E-state index is 6.09. The smallest absolute Gasteiger partial charge is 0.247 e. The number of hydrogen-bond acceptors (Lipinski definition) is 5. The molecule has 0 spiro atoms. The zero-order valence-corrected chi connectivity index (χ0v) is 18.6. The van der Waals surface area contributed by atoms with E-state index >= 15 is 0 Å². The van der Waals surface area contributed by atoms with E-state index in [9.17, 15) is 0 Å². The molecule has 0 saturated heterocycles. The predicted octanol–water partition coefficient (Wildman–Crippen LogP) is 4.86. The maximum Gasteiger partial charge on any atom is 0.247 e. The zero-order valence-electron chi connectivity index (χ0n) is 18.6. The molecule has 2 N–H and O–H groups in total. The molecule has 6 heteroatoms. The first-order chi connectivity index (χ1) is 15.7. The quantitative estimate of drug-likeness (QED) is 0.460. The first kappa shape index (κ1) is 20.5. The van der Waals surface area contributed by atoms with E-state index in [-0.39, 0.29) is 0 Å². The average Bonchev–Trinajstić information content (AvgIpc) is 3.06. The molecule has 0 saturated carbocycles. The van der Waals surface area contributed by atoms with E-state index in [1.54, 1.807) is 0 Å². The second-order valence-electron chi connectivity index (χ2n) is 8.68. The Kier molecular flexibility index (Phi) is 5.77. The summed E-state index contributed by atoms with van der Waals surface area (Å²) in [4.78, 5) is 4.82. The minimum atomic E-state index is 0.458. The summed E-state index contributed by atoms with van der Waals surface area (Å²) in [5, 5.41) is 11.5. The van der Waals surface area contributed by atoms with Crippen LogP contribution in [0.1, 0.15) is 25.0 Å². The van der Waals surface area contributed by atoms with Gasteiger partial charge in [0.25, 0.3) is 0 Å². The van der Waals surface area contributed by atoms with E-state index < -0.39 is 0 Å². The first-order valence-corrected chi connectivity index (χ1v) is 11.3. The first-order valence-electron chi connectivity index (χ1n) is 11.3. The van der Waals surface area contributed by atoms with Gasteiger partial charge < -0.3 is 15.4 Å². The molecule has 0 radical (unpaired) electrons. The fourth-order valence-electron chi connectivity index (χ4n) is 4.12. The van der Waals surface area contributed by atoms with Gasteiger partial charge in [-0.15, -0.1) is 5.10 Å². The molecule has 0 aliphatic carbocycles. The van der Waals surface area contributed by atoms with Gasteiger partial charge in [0.2, 0.25) is 5.95 Å². The van der Waals surface area contributed by atoms with E-state index in [4.69, 9.17) is 9.72 Å². The van der Waals surface area contributed by atoms with Gasteiger partial charge in [-0.1, -0.05) is 38.1 Å². The topological polar surface area (TPSA) is 63.5 Å². The largest absolute Gasteiger partial charge is 0.493 e. The molecule has 2 aromatic heterocycles. The van der Waals surface area contributed by atoms with Crippen LogP contribution in [0.3, 0.4) is 0 Å². The Bertz CT molecular complexity index is 1230. The van der Waals surface area contributed by atoms with Gasteiger partial charge in [-0.25, -0.2) is 4.52 Å². The lowest BCUT2D eigenvalue weighted by molar-refractivity contribution is 0.272. The van der Waals surface area contributed by atoms with Crippen molar-refractivity contribution in [2.24, 2.45) is 5.92 Å². The molecule has 5 rings (SSSR count). The second kappa shape index (κ2) is 9.01. The van der Waals surface area contributed by atoms with Crippen LogP contribution in [0.4, 0.5) is 11.6 Å². The van der Waals surface area contributed by atoms with E-state index in [1.807, 2.05) is 35.0 Å². The number of hydrogen-bond donors (Lipinski definition) is 2. The number of aromatic nitrogens is 3. The molecule has 0 fully saturated rings. The van der Waals surface area contributed by atoms with Gasteiger partial charge in [-0.2, -0.15) is 4.98 Å². The van der Waals surface area contributed by atoms with Crippen LogP contribution in [0.15, 0.2) is 60.8 Å². The molecule has 0 amide bonds. The van der Waals surface area contributed by atoms with E-state index in [1.165, 1.54) is 11.1 Å². The number of ether oxygens (including phenoxy) is 1. The van der Waals surface area contributed by atoms with Crippen LogP contribution in [-0.4, -0.2) is 34.3 Å². The Morgan fingerprint density at radius 1 is 1.00 bits per heavy atom. The number of fused-ring (bicyclic) bond motifs is 2.